The maximum Gasteiger partial charge on any atom is 0.387 e. The van der Waals surface area contributed by atoms with Crippen molar-refractivity contribution in [3.63, 3.8) is 0 Å². The highest BCUT2D eigenvalue weighted by Crippen LogP contribution is 2.34. The van der Waals surface area contributed by atoms with Gasteiger partial charge in [0.15, 0.2) is 11.6 Å². The van der Waals surface area contributed by atoms with Gasteiger partial charge in [0, 0.05) is 5.56 Å². The topological polar surface area (TPSA) is 61.3 Å². The van der Waals surface area contributed by atoms with Crippen LogP contribution in [0.25, 0.3) is 11.3 Å². The molecular weight excluding hydrogens is 230 g/mol. The zero-order chi connectivity index (χ0) is 12.4. The molecular formula is C11H10F2N2O2. The molecule has 2 rings (SSSR count). The molecule has 4 nitrogen and oxygen atoms in total. The first-order valence-electron chi connectivity index (χ1n) is 4.85. The van der Waals surface area contributed by atoms with Crippen molar-refractivity contribution in [1.82, 2.24) is 5.16 Å². The molecule has 17 heavy (non-hydrogen) atoms. The van der Waals surface area contributed by atoms with E-state index in [1.165, 1.54) is 6.07 Å². The number of nitrogen functional groups attached to an aromatic ring is 1. The molecule has 0 aliphatic rings. The van der Waals surface area contributed by atoms with Gasteiger partial charge in [-0.15, -0.1) is 0 Å². The second-order valence-electron chi connectivity index (χ2n) is 3.40. The lowest BCUT2D eigenvalue weighted by atomic mass is 10.1. The van der Waals surface area contributed by atoms with Gasteiger partial charge in [0.25, 0.3) is 0 Å². The maximum atomic E-state index is 12.2. The number of aromatic nitrogens is 1. The monoisotopic (exact) mass is 240 g/mol. The number of alkyl halides is 2. The fraction of sp³-hybridized carbons (Fsp3) is 0.182. The second kappa shape index (κ2) is 4.40. The summed E-state index contributed by atoms with van der Waals surface area (Å²) >= 11 is 0. The molecule has 1 heterocycles. The minimum atomic E-state index is -2.89. The SMILES string of the molecule is Cc1c(N)noc1-c1ccccc1OC(F)F. The van der Waals surface area contributed by atoms with Gasteiger partial charge in [0.05, 0.1) is 5.56 Å². The predicted octanol–water partition coefficient (Wildman–Crippen LogP) is 2.83. The molecule has 0 spiro atoms. The summed E-state index contributed by atoms with van der Waals surface area (Å²) in [5.41, 5.74) is 6.53. The van der Waals surface area contributed by atoms with Crippen LogP contribution in [0.3, 0.4) is 0 Å². The van der Waals surface area contributed by atoms with Crippen molar-refractivity contribution in [1.29, 1.82) is 0 Å². The van der Waals surface area contributed by atoms with E-state index in [0.29, 0.717) is 16.9 Å². The summed E-state index contributed by atoms with van der Waals surface area (Å²) in [5.74, 6) is 0.590. The zero-order valence-electron chi connectivity index (χ0n) is 8.98. The molecule has 0 unspecified atom stereocenters. The molecule has 90 valence electrons. The van der Waals surface area contributed by atoms with Crippen molar-refractivity contribution >= 4 is 5.82 Å². The van der Waals surface area contributed by atoms with Crippen molar-refractivity contribution in [3.05, 3.63) is 29.8 Å². The Morgan fingerprint density at radius 3 is 2.65 bits per heavy atom. The number of hydrogen-bond donors (Lipinski definition) is 1. The van der Waals surface area contributed by atoms with Crippen molar-refractivity contribution < 1.29 is 18.0 Å². The molecule has 2 N–H and O–H groups in total. The fourth-order valence-corrected chi connectivity index (χ4v) is 1.45. The first-order valence-corrected chi connectivity index (χ1v) is 4.85. The average molecular weight is 240 g/mol. The first-order chi connectivity index (χ1) is 8.09. The Hall–Kier alpha value is -2.11. The largest absolute Gasteiger partial charge is 0.434 e. The van der Waals surface area contributed by atoms with Crippen molar-refractivity contribution in [2.45, 2.75) is 13.5 Å². The summed E-state index contributed by atoms with van der Waals surface area (Å²) in [5, 5.41) is 3.57. The molecule has 0 fully saturated rings. The average Bonchev–Trinajstić information content (AvgIpc) is 2.60. The van der Waals surface area contributed by atoms with Crippen LogP contribution >= 0.6 is 0 Å². The number of ether oxygens (including phenoxy) is 1. The van der Waals surface area contributed by atoms with Crippen molar-refractivity contribution in [2.75, 3.05) is 5.73 Å². The Morgan fingerprint density at radius 1 is 1.35 bits per heavy atom. The molecule has 0 saturated carbocycles. The Bertz CT molecular complexity index is 526. The molecule has 1 aromatic carbocycles. The molecule has 0 aliphatic carbocycles. The molecule has 0 bridgehead atoms. The van der Waals surface area contributed by atoms with Gasteiger partial charge < -0.3 is 15.0 Å². The fourth-order valence-electron chi connectivity index (χ4n) is 1.45. The summed E-state index contributed by atoms with van der Waals surface area (Å²) in [6, 6.07) is 6.31. The number of nitrogens with two attached hydrogens (primary N) is 1. The standard InChI is InChI=1S/C11H10F2N2O2/c1-6-9(17-15-10(6)14)7-4-2-3-5-8(7)16-11(12)13/h2-5,11H,1H3,(H2,14,15). The Morgan fingerprint density at radius 2 is 2.06 bits per heavy atom. The number of hydrogen-bond acceptors (Lipinski definition) is 4. The number of anilines is 1. The van der Waals surface area contributed by atoms with Crippen LogP contribution < -0.4 is 10.5 Å². The number of rotatable bonds is 3. The highest BCUT2D eigenvalue weighted by Gasteiger charge is 2.17. The van der Waals surface area contributed by atoms with Crippen molar-refractivity contribution in [3.8, 4) is 17.1 Å². The summed E-state index contributed by atoms with van der Waals surface area (Å²) in [7, 11) is 0. The Kier molecular flexibility index (Phi) is 2.95. The minimum absolute atomic E-state index is 0.0294. The van der Waals surface area contributed by atoms with Gasteiger partial charge in [-0.2, -0.15) is 8.78 Å². The smallest absolute Gasteiger partial charge is 0.387 e. The predicted molar refractivity (Wildman–Crippen MR) is 57.7 cm³/mol. The maximum absolute atomic E-state index is 12.2. The summed E-state index contributed by atoms with van der Waals surface area (Å²) in [6.07, 6.45) is 0. The van der Waals surface area contributed by atoms with Crippen molar-refractivity contribution in [2.24, 2.45) is 0 Å². The quantitative estimate of drug-likeness (QED) is 0.896. The first kappa shape index (κ1) is 11.4. The third-order valence-corrected chi connectivity index (χ3v) is 2.31. The molecule has 0 aliphatic heterocycles. The van der Waals surface area contributed by atoms with E-state index in [9.17, 15) is 8.78 Å². The molecule has 0 radical (unpaired) electrons. The van der Waals surface area contributed by atoms with Crippen LogP contribution in [0, 0.1) is 6.92 Å². The van der Waals surface area contributed by atoms with E-state index in [2.05, 4.69) is 9.89 Å². The van der Waals surface area contributed by atoms with Crippen LogP contribution in [0.15, 0.2) is 28.8 Å². The zero-order valence-corrected chi connectivity index (χ0v) is 8.98. The van der Waals surface area contributed by atoms with Crippen LogP contribution in [0.1, 0.15) is 5.56 Å². The van der Waals surface area contributed by atoms with E-state index in [0.717, 1.165) is 0 Å². The summed E-state index contributed by atoms with van der Waals surface area (Å²) in [4.78, 5) is 0. The normalized spacial score (nSPS) is 10.8. The molecule has 0 atom stereocenters. The van der Waals surface area contributed by atoms with E-state index < -0.39 is 6.61 Å². The highest BCUT2D eigenvalue weighted by atomic mass is 19.3. The highest BCUT2D eigenvalue weighted by molar-refractivity contribution is 5.71. The van der Waals surface area contributed by atoms with Gasteiger partial charge in [-0.25, -0.2) is 0 Å². The lowest BCUT2D eigenvalue weighted by Gasteiger charge is -2.08. The van der Waals surface area contributed by atoms with E-state index in [4.69, 9.17) is 10.3 Å². The molecule has 1 aromatic heterocycles. The van der Waals surface area contributed by atoms with Gasteiger partial charge >= 0.3 is 6.61 Å². The molecule has 0 amide bonds. The van der Waals surface area contributed by atoms with Crippen LogP contribution in [0.4, 0.5) is 14.6 Å². The number of halogens is 2. The van der Waals surface area contributed by atoms with Gasteiger partial charge in [-0.1, -0.05) is 17.3 Å². The number of para-hydroxylation sites is 1. The Labute approximate surface area is 96.0 Å². The second-order valence-corrected chi connectivity index (χ2v) is 3.40. The molecule has 6 heteroatoms. The summed E-state index contributed by atoms with van der Waals surface area (Å²) < 4.78 is 33.9. The lowest BCUT2D eigenvalue weighted by Crippen LogP contribution is -2.03. The number of benzene rings is 1. The molecule has 0 saturated heterocycles. The van der Waals surface area contributed by atoms with E-state index >= 15 is 0 Å². The molecule has 2 aromatic rings. The van der Waals surface area contributed by atoms with Crippen LogP contribution in [0.2, 0.25) is 0 Å². The Balaban J connectivity index is 2.48. The third-order valence-electron chi connectivity index (χ3n) is 2.31. The number of nitrogens with zero attached hydrogens (tertiary/aromatic N) is 1. The van der Waals surface area contributed by atoms with Crippen LogP contribution in [-0.4, -0.2) is 11.8 Å². The third kappa shape index (κ3) is 2.20. The van der Waals surface area contributed by atoms with E-state index in [1.807, 2.05) is 0 Å². The summed E-state index contributed by atoms with van der Waals surface area (Å²) in [6.45, 7) is -1.20. The van der Waals surface area contributed by atoms with E-state index in [-0.39, 0.29) is 11.6 Å². The van der Waals surface area contributed by atoms with Crippen LogP contribution in [-0.2, 0) is 0 Å². The van der Waals surface area contributed by atoms with Gasteiger partial charge in [0.1, 0.15) is 5.75 Å². The van der Waals surface area contributed by atoms with Gasteiger partial charge in [-0.3, -0.25) is 0 Å². The minimum Gasteiger partial charge on any atom is -0.434 e. The van der Waals surface area contributed by atoms with Gasteiger partial charge in [0.2, 0.25) is 0 Å². The van der Waals surface area contributed by atoms with Gasteiger partial charge in [-0.05, 0) is 19.1 Å². The lowest BCUT2D eigenvalue weighted by molar-refractivity contribution is -0.0495. The van der Waals surface area contributed by atoms with E-state index in [1.54, 1.807) is 25.1 Å². The van der Waals surface area contributed by atoms with Crippen LogP contribution in [0.5, 0.6) is 5.75 Å².